The van der Waals surface area contributed by atoms with E-state index in [0.29, 0.717) is 6.04 Å². The van der Waals surface area contributed by atoms with E-state index in [4.69, 9.17) is 4.74 Å². The Bertz CT molecular complexity index is 327. The lowest BCUT2D eigenvalue weighted by atomic mass is 10.0. The van der Waals surface area contributed by atoms with Crippen LogP contribution in [0, 0.1) is 0 Å². The summed E-state index contributed by atoms with van der Waals surface area (Å²) in [6.45, 7) is 8.86. The van der Waals surface area contributed by atoms with Crippen molar-refractivity contribution < 1.29 is 14.6 Å². The summed E-state index contributed by atoms with van der Waals surface area (Å²) in [5.74, 6) is 0. The highest BCUT2D eigenvalue weighted by Gasteiger charge is 2.33. The predicted octanol–water partition coefficient (Wildman–Crippen LogP) is 1.45. The second-order valence-electron chi connectivity index (χ2n) is 6.66. The highest BCUT2D eigenvalue weighted by molar-refractivity contribution is 5.68. The van der Waals surface area contributed by atoms with Gasteiger partial charge in [-0.15, -0.1) is 0 Å². The molecule has 2 aliphatic heterocycles. The van der Waals surface area contributed by atoms with Gasteiger partial charge in [-0.25, -0.2) is 4.79 Å². The molecule has 2 saturated heterocycles. The zero-order valence-electron chi connectivity index (χ0n) is 12.3. The first-order valence-electron chi connectivity index (χ1n) is 7.25. The van der Waals surface area contributed by atoms with Crippen LogP contribution in [0.5, 0.6) is 0 Å². The largest absolute Gasteiger partial charge is 0.444 e. The molecular formula is C14H26N2O3. The van der Waals surface area contributed by atoms with E-state index in [1.54, 1.807) is 0 Å². The fraction of sp³-hybridized carbons (Fsp3) is 0.929. The highest BCUT2D eigenvalue weighted by Crippen LogP contribution is 2.22. The Labute approximate surface area is 115 Å². The molecule has 19 heavy (non-hydrogen) atoms. The summed E-state index contributed by atoms with van der Waals surface area (Å²) in [6, 6.07) is 0.374. The molecule has 2 atom stereocenters. The number of likely N-dealkylation sites (tertiary alicyclic amines) is 2. The van der Waals surface area contributed by atoms with Gasteiger partial charge in [-0.2, -0.15) is 0 Å². The summed E-state index contributed by atoms with van der Waals surface area (Å²) in [5, 5.41) is 9.61. The maximum Gasteiger partial charge on any atom is 0.410 e. The lowest BCUT2D eigenvalue weighted by Gasteiger charge is -2.38. The summed E-state index contributed by atoms with van der Waals surface area (Å²) in [5.41, 5.74) is -0.437. The molecule has 1 N–H and O–H groups in total. The second kappa shape index (κ2) is 5.67. The SMILES string of the molecule is CC(C)(C)OC(=O)N1CCCC(N2CCC(O)C2)C1. The number of hydrogen-bond acceptors (Lipinski definition) is 4. The Morgan fingerprint density at radius 3 is 2.53 bits per heavy atom. The van der Waals surface area contributed by atoms with Crippen LogP contribution in [0.4, 0.5) is 4.79 Å². The number of nitrogens with zero attached hydrogens (tertiary/aromatic N) is 2. The van der Waals surface area contributed by atoms with Crippen molar-refractivity contribution in [2.45, 2.75) is 57.8 Å². The zero-order valence-corrected chi connectivity index (χ0v) is 12.3. The molecule has 0 aromatic rings. The Kier molecular flexibility index (Phi) is 4.36. The van der Waals surface area contributed by atoms with Crippen LogP contribution in [0.2, 0.25) is 0 Å². The van der Waals surface area contributed by atoms with Crippen molar-refractivity contribution in [3.05, 3.63) is 0 Å². The second-order valence-corrected chi connectivity index (χ2v) is 6.66. The average Bonchev–Trinajstić information content (AvgIpc) is 2.74. The standard InChI is InChI=1S/C14H26N2O3/c1-14(2,3)19-13(18)16-7-4-5-11(9-16)15-8-6-12(17)10-15/h11-12,17H,4-10H2,1-3H3. The molecule has 5 heteroatoms. The van der Waals surface area contributed by atoms with Gasteiger partial charge in [-0.3, -0.25) is 4.90 Å². The minimum atomic E-state index is -0.437. The number of ether oxygens (including phenoxy) is 1. The molecule has 0 spiro atoms. The number of aliphatic hydroxyl groups is 1. The van der Waals surface area contributed by atoms with Crippen LogP contribution in [0.1, 0.15) is 40.0 Å². The number of carbonyl (C=O) groups excluding carboxylic acids is 1. The molecule has 1 amide bonds. The van der Waals surface area contributed by atoms with E-state index in [1.165, 1.54) is 0 Å². The minimum absolute atomic E-state index is 0.197. The first kappa shape index (κ1) is 14.6. The number of piperidine rings is 1. The molecule has 0 saturated carbocycles. The number of carbonyl (C=O) groups is 1. The molecule has 2 fully saturated rings. The predicted molar refractivity (Wildman–Crippen MR) is 73.0 cm³/mol. The van der Waals surface area contributed by atoms with E-state index in [1.807, 2.05) is 25.7 Å². The summed E-state index contributed by atoms with van der Waals surface area (Å²) in [6.07, 6.45) is 2.56. The molecule has 0 radical (unpaired) electrons. The number of hydrogen-bond donors (Lipinski definition) is 1. The van der Waals surface area contributed by atoms with E-state index in [9.17, 15) is 9.90 Å². The number of rotatable bonds is 1. The molecule has 2 heterocycles. The molecule has 0 aromatic heterocycles. The van der Waals surface area contributed by atoms with Gasteiger partial charge in [0.05, 0.1) is 6.10 Å². The third kappa shape index (κ3) is 4.08. The Balaban J connectivity index is 1.88. The minimum Gasteiger partial charge on any atom is -0.444 e. The fourth-order valence-electron chi connectivity index (χ4n) is 2.84. The van der Waals surface area contributed by atoms with Gasteiger partial charge in [0.1, 0.15) is 5.60 Å². The Morgan fingerprint density at radius 2 is 1.95 bits per heavy atom. The summed E-state index contributed by atoms with van der Waals surface area (Å²) < 4.78 is 5.43. The molecule has 2 rings (SSSR count). The van der Waals surface area contributed by atoms with Crippen LogP contribution in [0.25, 0.3) is 0 Å². The third-order valence-electron chi connectivity index (χ3n) is 3.76. The van der Waals surface area contributed by atoms with Crippen LogP contribution in [-0.2, 0) is 4.74 Å². The lowest BCUT2D eigenvalue weighted by Crippen LogP contribution is -2.50. The van der Waals surface area contributed by atoms with E-state index >= 15 is 0 Å². The van der Waals surface area contributed by atoms with Crippen molar-refractivity contribution >= 4 is 6.09 Å². The molecule has 2 unspecified atom stereocenters. The summed E-state index contributed by atoms with van der Waals surface area (Å²) in [7, 11) is 0. The highest BCUT2D eigenvalue weighted by atomic mass is 16.6. The van der Waals surface area contributed by atoms with Crippen molar-refractivity contribution in [3.8, 4) is 0 Å². The molecule has 0 aliphatic carbocycles. The normalized spacial score (nSPS) is 29.6. The maximum atomic E-state index is 12.1. The van der Waals surface area contributed by atoms with Gasteiger partial charge in [0, 0.05) is 32.2 Å². The van der Waals surface area contributed by atoms with Gasteiger partial charge in [-0.1, -0.05) is 0 Å². The monoisotopic (exact) mass is 270 g/mol. The van der Waals surface area contributed by atoms with Gasteiger partial charge in [0.15, 0.2) is 0 Å². The van der Waals surface area contributed by atoms with Gasteiger partial charge in [0.25, 0.3) is 0 Å². The molecule has 110 valence electrons. The quantitative estimate of drug-likeness (QED) is 0.783. The number of amides is 1. The van der Waals surface area contributed by atoms with Crippen molar-refractivity contribution in [2.75, 3.05) is 26.2 Å². The first-order chi connectivity index (χ1) is 8.85. The smallest absolute Gasteiger partial charge is 0.410 e. The van der Waals surface area contributed by atoms with Gasteiger partial charge in [0.2, 0.25) is 0 Å². The molecule has 5 nitrogen and oxygen atoms in total. The van der Waals surface area contributed by atoms with E-state index in [2.05, 4.69) is 4.90 Å². The van der Waals surface area contributed by atoms with Crippen LogP contribution < -0.4 is 0 Å². The molecular weight excluding hydrogens is 244 g/mol. The summed E-state index contributed by atoms with van der Waals surface area (Å²) in [4.78, 5) is 16.2. The van der Waals surface area contributed by atoms with Gasteiger partial charge < -0.3 is 14.7 Å². The topological polar surface area (TPSA) is 53.0 Å². The average molecular weight is 270 g/mol. The van der Waals surface area contributed by atoms with Gasteiger partial charge >= 0.3 is 6.09 Å². The fourth-order valence-corrected chi connectivity index (χ4v) is 2.84. The van der Waals surface area contributed by atoms with Crippen molar-refractivity contribution in [2.24, 2.45) is 0 Å². The van der Waals surface area contributed by atoms with Crippen molar-refractivity contribution in [1.29, 1.82) is 0 Å². The number of β-amino-alcohol motifs (C(OH)–C–C–N with tert-alkyl or cyclic N) is 1. The van der Waals surface area contributed by atoms with Crippen LogP contribution in [0.15, 0.2) is 0 Å². The van der Waals surface area contributed by atoms with E-state index < -0.39 is 5.60 Å². The maximum absolute atomic E-state index is 12.1. The van der Waals surface area contributed by atoms with Crippen LogP contribution in [0.3, 0.4) is 0 Å². The van der Waals surface area contributed by atoms with Crippen LogP contribution >= 0.6 is 0 Å². The van der Waals surface area contributed by atoms with E-state index in [0.717, 1.165) is 45.4 Å². The number of aliphatic hydroxyl groups excluding tert-OH is 1. The van der Waals surface area contributed by atoms with E-state index in [-0.39, 0.29) is 12.2 Å². The van der Waals surface area contributed by atoms with Crippen LogP contribution in [-0.4, -0.2) is 64.9 Å². The Morgan fingerprint density at radius 1 is 1.21 bits per heavy atom. The molecule has 0 bridgehead atoms. The van der Waals surface area contributed by atoms with Gasteiger partial charge in [-0.05, 0) is 40.0 Å². The van der Waals surface area contributed by atoms with Crippen molar-refractivity contribution in [1.82, 2.24) is 9.80 Å². The lowest BCUT2D eigenvalue weighted by molar-refractivity contribution is 0.0116. The Hall–Kier alpha value is -0.810. The molecule has 0 aromatic carbocycles. The zero-order chi connectivity index (χ0) is 14.0. The molecule has 2 aliphatic rings. The van der Waals surface area contributed by atoms with Crippen molar-refractivity contribution in [3.63, 3.8) is 0 Å². The summed E-state index contributed by atoms with van der Waals surface area (Å²) >= 11 is 0. The third-order valence-corrected chi connectivity index (χ3v) is 3.76. The first-order valence-corrected chi connectivity index (χ1v) is 7.25.